The number of hydrogen-bond acceptors (Lipinski definition) is 9. The number of imide groups is 1. The summed E-state index contributed by atoms with van der Waals surface area (Å²) in [7, 11) is 0. The van der Waals surface area contributed by atoms with Gasteiger partial charge in [0.15, 0.2) is 0 Å². The molecular weight excluding hydrogens is 472 g/mol. The average Bonchev–Trinajstić information content (AvgIpc) is 3.14. The number of likely N-dealkylation sites (tertiary alicyclic amines) is 1. The summed E-state index contributed by atoms with van der Waals surface area (Å²) < 4.78 is 17.1. The number of thioether (sulfide) groups is 1. The van der Waals surface area contributed by atoms with Crippen molar-refractivity contribution in [1.29, 1.82) is 0 Å². The number of nitrogens with zero attached hydrogens (tertiary/aromatic N) is 3. The van der Waals surface area contributed by atoms with E-state index in [4.69, 9.17) is 14.2 Å². The highest BCUT2D eigenvalue weighted by Crippen LogP contribution is 2.28. The fourth-order valence-electron chi connectivity index (χ4n) is 3.46. The van der Waals surface area contributed by atoms with Crippen molar-refractivity contribution in [3.63, 3.8) is 0 Å². The summed E-state index contributed by atoms with van der Waals surface area (Å²) >= 11 is 0.857. The van der Waals surface area contributed by atoms with Gasteiger partial charge < -0.3 is 19.1 Å². The number of piperidine rings is 1. The molecule has 1 aromatic carbocycles. The maximum Gasteiger partial charge on any atom is 0.409 e. The van der Waals surface area contributed by atoms with Crippen molar-refractivity contribution >= 4 is 35.1 Å². The summed E-state index contributed by atoms with van der Waals surface area (Å²) in [5.41, 5.74) is 0.707. The molecule has 2 aromatic rings. The van der Waals surface area contributed by atoms with E-state index in [1.165, 1.54) is 6.33 Å². The van der Waals surface area contributed by atoms with E-state index in [-0.39, 0.29) is 17.4 Å². The number of nitrogens with one attached hydrogen (secondary N) is 1. The van der Waals surface area contributed by atoms with Crippen molar-refractivity contribution in [2.45, 2.75) is 32.8 Å². The quantitative estimate of drug-likeness (QED) is 0.559. The molecule has 10 nitrogen and oxygen atoms in total. The van der Waals surface area contributed by atoms with Gasteiger partial charge in [0.2, 0.25) is 11.8 Å². The average molecular weight is 499 g/mol. The first-order valence-corrected chi connectivity index (χ1v) is 12.1. The number of carbonyl (C=O) groups is 3. The Labute approximate surface area is 207 Å². The van der Waals surface area contributed by atoms with E-state index in [0.29, 0.717) is 66.4 Å². The number of carbonyl (C=O) groups excluding carboxylic acids is 3. The number of ether oxygens (including phenoxy) is 3. The van der Waals surface area contributed by atoms with Gasteiger partial charge in [0, 0.05) is 25.9 Å². The van der Waals surface area contributed by atoms with Gasteiger partial charge in [-0.15, -0.1) is 0 Å². The molecule has 3 amide bonds. The number of amides is 3. The Kier molecular flexibility index (Phi) is 7.86. The van der Waals surface area contributed by atoms with E-state index in [2.05, 4.69) is 15.3 Å². The first-order valence-electron chi connectivity index (χ1n) is 11.3. The van der Waals surface area contributed by atoms with E-state index in [9.17, 15) is 14.4 Å². The van der Waals surface area contributed by atoms with Crippen molar-refractivity contribution in [2.75, 3.05) is 19.7 Å². The molecule has 4 rings (SSSR count). The molecule has 0 aliphatic carbocycles. The van der Waals surface area contributed by atoms with Crippen molar-refractivity contribution in [3.05, 3.63) is 47.1 Å². The molecule has 35 heavy (non-hydrogen) atoms. The second-order valence-corrected chi connectivity index (χ2v) is 9.51. The van der Waals surface area contributed by atoms with Crippen molar-refractivity contribution < 1.29 is 28.6 Å². The monoisotopic (exact) mass is 498 g/mol. The van der Waals surface area contributed by atoms with Crippen LogP contribution in [-0.2, 0) is 9.53 Å². The topological polar surface area (TPSA) is 120 Å². The molecule has 2 saturated heterocycles. The van der Waals surface area contributed by atoms with Gasteiger partial charge in [-0.2, -0.15) is 0 Å². The summed E-state index contributed by atoms with van der Waals surface area (Å²) in [6.45, 7) is 5.52. The summed E-state index contributed by atoms with van der Waals surface area (Å²) in [6, 6.07) is 8.68. The van der Waals surface area contributed by atoms with E-state index < -0.39 is 5.91 Å². The van der Waals surface area contributed by atoms with E-state index in [0.717, 1.165) is 11.8 Å². The first-order chi connectivity index (χ1) is 16.9. The fourth-order valence-corrected chi connectivity index (χ4v) is 4.14. The molecule has 3 heterocycles. The third-order valence-corrected chi connectivity index (χ3v) is 5.98. The van der Waals surface area contributed by atoms with Gasteiger partial charge in [-0.1, -0.05) is 26.0 Å². The minimum Gasteiger partial charge on any atom is -0.474 e. The zero-order chi connectivity index (χ0) is 24.8. The maximum absolute atomic E-state index is 12.1. The molecule has 184 valence electrons. The lowest BCUT2D eigenvalue weighted by Gasteiger charge is -2.31. The second-order valence-electron chi connectivity index (χ2n) is 8.50. The van der Waals surface area contributed by atoms with Crippen LogP contribution in [0.5, 0.6) is 17.5 Å². The van der Waals surface area contributed by atoms with Crippen molar-refractivity contribution in [3.8, 4) is 17.5 Å². The van der Waals surface area contributed by atoms with Crippen LogP contribution in [0.2, 0.25) is 0 Å². The minimum absolute atomic E-state index is 0.0837. The van der Waals surface area contributed by atoms with Crippen LogP contribution in [0.3, 0.4) is 0 Å². The lowest BCUT2D eigenvalue weighted by atomic mass is 10.1. The molecule has 0 bridgehead atoms. The smallest absolute Gasteiger partial charge is 0.409 e. The van der Waals surface area contributed by atoms with Crippen LogP contribution in [0, 0.1) is 5.92 Å². The van der Waals surface area contributed by atoms with Crippen LogP contribution in [0.15, 0.2) is 41.6 Å². The Bertz CT molecular complexity index is 1130. The molecule has 11 heteroatoms. The third kappa shape index (κ3) is 6.95. The van der Waals surface area contributed by atoms with Crippen LogP contribution < -0.4 is 14.8 Å². The SMILES string of the molecule is CC(C)COC(=O)N1CCC(Oc2cc(Oc3cccc(/C=C4/SC(=O)NC4=O)c3)ncn2)CC1. The van der Waals surface area contributed by atoms with Crippen LogP contribution in [0.25, 0.3) is 6.08 Å². The third-order valence-electron chi connectivity index (χ3n) is 5.16. The maximum atomic E-state index is 12.1. The highest BCUT2D eigenvalue weighted by Gasteiger charge is 2.26. The lowest BCUT2D eigenvalue weighted by Crippen LogP contribution is -2.42. The minimum atomic E-state index is -0.415. The zero-order valence-electron chi connectivity index (χ0n) is 19.4. The first kappa shape index (κ1) is 24.5. The number of benzene rings is 1. The standard InChI is InChI=1S/C24H26N4O6S/c1-15(2)13-32-24(31)28-8-6-17(7-9-28)33-20-12-21(26-14-25-20)34-18-5-3-4-16(10-18)11-19-22(29)27-23(30)35-19/h3-5,10-12,14-15,17H,6-9,13H2,1-2H3,(H,27,29,30)/b19-11+. The molecule has 0 unspecified atom stereocenters. The molecule has 1 aromatic heterocycles. The van der Waals surface area contributed by atoms with Crippen LogP contribution in [-0.4, -0.2) is 57.9 Å². The van der Waals surface area contributed by atoms with Gasteiger partial charge in [-0.3, -0.25) is 14.9 Å². The molecule has 2 aliphatic heterocycles. The van der Waals surface area contributed by atoms with Gasteiger partial charge in [0.1, 0.15) is 18.2 Å². The molecular formula is C24H26N4O6S. The van der Waals surface area contributed by atoms with Gasteiger partial charge in [0.05, 0.1) is 17.6 Å². The number of rotatable bonds is 7. The van der Waals surface area contributed by atoms with E-state index >= 15 is 0 Å². The predicted octanol–water partition coefficient (Wildman–Crippen LogP) is 4.23. The molecule has 0 atom stereocenters. The van der Waals surface area contributed by atoms with Crippen LogP contribution in [0.1, 0.15) is 32.3 Å². The Morgan fingerprint density at radius 2 is 1.97 bits per heavy atom. The molecule has 2 fully saturated rings. The predicted molar refractivity (Wildman–Crippen MR) is 129 cm³/mol. The highest BCUT2D eigenvalue weighted by atomic mass is 32.2. The van der Waals surface area contributed by atoms with Gasteiger partial charge in [-0.25, -0.2) is 14.8 Å². The van der Waals surface area contributed by atoms with Gasteiger partial charge in [-0.05, 0) is 41.5 Å². The summed E-state index contributed by atoms with van der Waals surface area (Å²) in [5, 5.41) is 1.84. The number of aromatic nitrogens is 2. The number of hydrogen-bond donors (Lipinski definition) is 1. The van der Waals surface area contributed by atoms with Crippen molar-refractivity contribution in [2.24, 2.45) is 5.92 Å². The van der Waals surface area contributed by atoms with Crippen LogP contribution in [0.4, 0.5) is 9.59 Å². The van der Waals surface area contributed by atoms with Crippen molar-refractivity contribution in [1.82, 2.24) is 20.2 Å². The van der Waals surface area contributed by atoms with Gasteiger partial charge >= 0.3 is 6.09 Å². The Balaban J connectivity index is 1.32. The van der Waals surface area contributed by atoms with E-state index in [1.807, 2.05) is 13.8 Å². The van der Waals surface area contributed by atoms with Crippen LogP contribution >= 0.6 is 11.8 Å². The molecule has 1 N–H and O–H groups in total. The molecule has 0 saturated carbocycles. The molecule has 0 spiro atoms. The summed E-state index contributed by atoms with van der Waals surface area (Å²) in [5.74, 6) is 1.07. The Hall–Kier alpha value is -3.60. The Morgan fingerprint density at radius 1 is 1.20 bits per heavy atom. The normalized spacial score (nSPS) is 17.6. The fraction of sp³-hybridized carbons (Fsp3) is 0.375. The molecule has 0 radical (unpaired) electrons. The summed E-state index contributed by atoms with van der Waals surface area (Å²) in [6.07, 6.45) is 3.95. The Morgan fingerprint density at radius 3 is 2.69 bits per heavy atom. The molecule has 2 aliphatic rings. The second kappa shape index (κ2) is 11.2. The zero-order valence-corrected chi connectivity index (χ0v) is 20.2. The van der Waals surface area contributed by atoms with Gasteiger partial charge in [0.25, 0.3) is 11.1 Å². The summed E-state index contributed by atoms with van der Waals surface area (Å²) in [4.78, 5) is 45.6. The van der Waals surface area contributed by atoms with E-state index in [1.54, 1.807) is 41.3 Å². The highest BCUT2D eigenvalue weighted by molar-refractivity contribution is 8.18. The lowest BCUT2D eigenvalue weighted by molar-refractivity contribution is -0.115. The largest absolute Gasteiger partial charge is 0.474 e.